The van der Waals surface area contributed by atoms with Gasteiger partial charge in [0.15, 0.2) is 0 Å². The molecule has 0 amide bonds. The molecule has 1 aliphatic rings. The largest absolute Gasteiger partial charge is 0.460 e. The van der Waals surface area contributed by atoms with Crippen LogP contribution in [0.1, 0.15) is 24.8 Å². The van der Waals surface area contributed by atoms with Crippen LogP contribution in [0.2, 0.25) is 0 Å². The maximum absolute atomic E-state index is 12.9. The highest BCUT2D eigenvalue weighted by atomic mass is 19.3. The molecule has 1 saturated heterocycles. The van der Waals surface area contributed by atoms with Gasteiger partial charge in [0.2, 0.25) is 0 Å². The van der Waals surface area contributed by atoms with Crippen LogP contribution in [0.3, 0.4) is 0 Å². The molecule has 0 bridgehead atoms. The first-order valence-corrected chi connectivity index (χ1v) is 6.92. The van der Waals surface area contributed by atoms with Crippen LogP contribution in [-0.2, 0) is 20.9 Å². The van der Waals surface area contributed by atoms with E-state index in [0.717, 1.165) is 5.56 Å². The summed E-state index contributed by atoms with van der Waals surface area (Å²) in [6.45, 7) is -0.458. The molecule has 1 aliphatic heterocycles. The Bertz CT molecular complexity index is 457. The van der Waals surface area contributed by atoms with E-state index in [1.54, 1.807) is 0 Å². The molecule has 0 radical (unpaired) electrons. The second kappa shape index (κ2) is 6.95. The van der Waals surface area contributed by atoms with Gasteiger partial charge >= 0.3 is 5.97 Å². The first kappa shape index (κ1) is 15.9. The van der Waals surface area contributed by atoms with Gasteiger partial charge in [-0.05, 0) is 18.4 Å². The molecule has 0 saturated carbocycles. The van der Waals surface area contributed by atoms with Crippen LogP contribution in [0, 0.1) is 0 Å². The van der Waals surface area contributed by atoms with Crippen LogP contribution in [0.5, 0.6) is 0 Å². The lowest BCUT2D eigenvalue weighted by molar-refractivity contribution is -0.155. The summed E-state index contributed by atoms with van der Waals surface area (Å²) < 4.78 is 36.0. The quantitative estimate of drug-likeness (QED) is 0.847. The molecule has 1 fully saturated rings. The third-order valence-corrected chi connectivity index (χ3v) is 3.41. The lowest BCUT2D eigenvalue weighted by Gasteiger charge is -2.29. The third-order valence-electron chi connectivity index (χ3n) is 3.41. The zero-order chi connectivity index (χ0) is 15.3. The highest BCUT2D eigenvalue weighted by Gasteiger charge is 2.37. The van der Waals surface area contributed by atoms with Crippen LogP contribution in [0.25, 0.3) is 0 Å². The SMILES string of the molecule is NC(CC1CCC(F)(F)CO1)C(=O)OCc1ccccc1. The smallest absolute Gasteiger partial charge is 0.323 e. The van der Waals surface area contributed by atoms with E-state index in [1.165, 1.54) is 0 Å². The van der Waals surface area contributed by atoms with Crippen LogP contribution in [0.4, 0.5) is 8.78 Å². The van der Waals surface area contributed by atoms with Crippen LogP contribution >= 0.6 is 0 Å². The minimum absolute atomic E-state index is 0.150. The van der Waals surface area contributed by atoms with Gasteiger partial charge < -0.3 is 15.2 Å². The second-order valence-electron chi connectivity index (χ2n) is 5.26. The van der Waals surface area contributed by atoms with E-state index in [9.17, 15) is 13.6 Å². The number of halogens is 2. The van der Waals surface area contributed by atoms with Gasteiger partial charge in [0, 0.05) is 6.42 Å². The number of alkyl halides is 2. The number of ether oxygens (including phenoxy) is 2. The zero-order valence-corrected chi connectivity index (χ0v) is 11.6. The molecule has 116 valence electrons. The summed E-state index contributed by atoms with van der Waals surface area (Å²) in [6, 6.07) is 8.38. The summed E-state index contributed by atoms with van der Waals surface area (Å²) in [6.07, 6.45) is -0.247. The number of hydrogen-bond donors (Lipinski definition) is 1. The van der Waals surface area contributed by atoms with Gasteiger partial charge in [-0.2, -0.15) is 0 Å². The van der Waals surface area contributed by atoms with Crippen molar-refractivity contribution in [2.24, 2.45) is 5.73 Å². The van der Waals surface area contributed by atoms with Crippen molar-refractivity contribution in [1.29, 1.82) is 0 Å². The summed E-state index contributed by atoms with van der Waals surface area (Å²) >= 11 is 0. The van der Waals surface area contributed by atoms with Gasteiger partial charge in [0.05, 0.1) is 6.10 Å². The predicted octanol–water partition coefficient (Wildman–Crippen LogP) is 2.26. The molecule has 6 heteroatoms. The molecule has 1 aromatic rings. The molecular weight excluding hydrogens is 280 g/mol. The van der Waals surface area contributed by atoms with Crippen LogP contribution in [-0.4, -0.2) is 30.6 Å². The van der Waals surface area contributed by atoms with E-state index in [1.807, 2.05) is 30.3 Å². The molecule has 0 aromatic heterocycles. The van der Waals surface area contributed by atoms with Gasteiger partial charge in [-0.3, -0.25) is 4.79 Å². The van der Waals surface area contributed by atoms with Crippen molar-refractivity contribution in [1.82, 2.24) is 0 Å². The fourth-order valence-electron chi connectivity index (χ4n) is 2.17. The number of hydrogen-bond acceptors (Lipinski definition) is 4. The Morgan fingerprint density at radius 1 is 1.43 bits per heavy atom. The van der Waals surface area contributed by atoms with Crippen molar-refractivity contribution >= 4 is 5.97 Å². The molecule has 21 heavy (non-hydrogen) atoms. The van der Waals surface area contributed by atoms with E-state index in [2.05, 4.69) is 0 Å². The summed E-state index contributed by atoms with van der Waals surface area (Å²) in [5.74, 6) is -3.31. The van der Waals surface area contributed by atoms with Crippen LogP contribution in [0.15, 0.2) is 30.3 Å². The molecule has 0 spiro atoms. The van der Waals surface area contributed by atoms with E-state index < -0.39 is 30.6 Å². The lowest BCUT2D eigenvalue weighted by Crippen LogP contribution is -2.41. The maximum atomic E-state index is 12.9. The minimum Gasteiger partial charge on any atom is -0.460 e. The molecule has 4 nitrogen and oxygen atoms in total. The number of carbonyl (C=O) groups excluding carboxylic acids is 1. The number of benzene rings is 1. The molecule has 2 rings (SSSR count). The monoisotopic (exact) mass is 299 g/mol. The average Bonchev–Trinajstić information content (AvgIpc) is 2.48. The Kier molecular flexibility index (Phi) is 5.25. The van der Waals surface area contributed by atoms with Crippen molar-refractivity contribution in [3.63, 3.8) is 0 Å². The van der Waals surface area contributed by atoms with Gasteiger partial charge in [-0.15, -0.1) is 0 Å². The zero-order valence-electron chi connectivity index (χ0n) is 11.6. The van der Waals surface area contributed by atoms with Crippen molar-refractivity contribution in [3.8, 4) is 0 Å². The van der Waals surface area contributed by atoms with E-state index in [0.29, 0.717) is 0 Å². The van der Waals surface area contributed by atoms with Crippen molar-refractivity contribution < 1.29 is 23.0 Å². The third kappa shape index (κ3) is 5.06. The van der Waals surface area contributed by atoms with E-state index >= 15 is 0 Å². The van der Waals surface area contributed by atoms with Crippen molar-refractivity contribution in [2.45, 2.75) is 43.9 Å². The van der Waals surface area contributed by atoms with Gasteiger partial charge in [0.1, 0.15) is 19.3 Å². The summed E-state index contributed by atoms with van der Waals surface area (Å²) in [5, 5.41) is 0. The van der Waals surface area contributed by atoms with Gasteiger partial charge in [-0.25, -0.2) is 8.78 Å². The van der Waals surface area contributed by atoms with E-state index in [-0.39, 0.29) is 25.9 Å². The highest BCUT2D eigenvalue weighted by molar-refractivity contribution is 5.75. The molecule has 0 aliphatic carbocycles. The molecule has 2 atom stereocenters. The molecule has 2 N–H and O–H groups in total. The predicted molar refractivity (Wildman–Crippen MR) is 72.8 cm³/mol. The Morgan fingerprint density at radius 2 is 2.14 bits per heavy atom. The van der Waals surface area contributed by atoms with Crippen LogP contribution < -0.4 is 5.73 Å². The van der Waals surface area contributed by atoms with Gasteiger partial charge in [0.25, 0.3) is 5.92 Å². The Balaban J connectivity index is 1.73. The Hall–Kier alpha value is -1.53. The molecular formula is C15H19F2NO3. The number of carbonyl (C=O) groups is 1. The van der Waals surface area contributed by atoms with Crippen molar-refractivity contribution in [2.75, 3.05) is 6.61 Å². The molecule has 1 heterocycles. The second-order valence-corrected chi connectivity index (χ2v) is 5.26. The Labute approximate surface area is 122 Å². The number of rotatable bonds is 5. The lowest BCUT2D eigenvalue weighted by atomic mass is 10.0. The summed E-state index contributed by atoms with van der Waals surface area (Å²) in [4.78, 5) is 11.8. The standard InChI is InChI=1S/C15H19F2NO3/c16-15(17)7-6-12(21-10-15)8-13(18)14(19)20-9-11-4-2-1-3-5-11/h1-5,12-13H,6-10,18H2. The molecule has 2 unspecified atom stereocenters. The first-order valence-electron chi connectivity index (χ1n) is 6.92. The summed E-state index contributed by atoms with van der Waals surface area (Å²) in [7, 11) is 0. The van der Waals surface area contributed by atoms with Gasteiger partial charge in [-0.1, -0.05) is 30.3 Å². The van der Waals surface area contributed by atoms with E-state index in [4.69, 9.17) is 15.2 Å². The fraction of sp³-hybridized carbons (Fsp3) is 0.533. The maximum Gasteiger partial charge on any atom is 0.323 e. The number of nitrogens with two attached hydrogens (primary N) is 1. The van der Waals surface area contributed by atoms with Crippen molar-refractivity contribution in [3.05, 3.63) is 35.9 Å². The first-order chi connectivity index (χ1) is 9.96. The minimum atomic E-state index is -2.77. The normalized spacial score (nSPS) is 22.5. The Morgan fingerprint density at radius 3 is 2.76 bits per heavy atom. The average molecular weight is 299 g/mol. The summed E-state index contributed by atoms with van der Waals surface area (Å²) in [5.41, 5.74) is 6.61. The highest BCUT2D eigenvalue weighted by Crippen LogP contribution is 2.29. The topological polar surface area (TPSA) is 61.5 Å². The molecule has 1 aromatic carbocycles. The fourth-order valence-corrected chi connectivity index (χ4v) is 2.17. The number of esters is 1.